The van der Waals surface area contributed by atoms with E-state index in [-0.39, 0.29) is 16.8 Å². The minimum atomic E-state index is -1.12. The summed E-state index contributed by atoms with van der Waals surface area (Å²) in [6.07, 6.45) is -1.12. The first-order valence-electron chi connectivity index (χ1n) is 9.75. The summed E-state index contributed by atoms with van der Waals surface area (Å²) >= 11 is 0. The molecule has 1 N–H and O–H groups in total. The highest BCUT2D eigenvalue weighted by Gasteiger charge is 2.24. The number of aromatic nitrogens is 2. The predicted octanol–water partition coefficient (Wildman–Crippen LogP) is 2.99. The second-order valence-corrected chi connectivity index (χ2v) is 7.18. The van der Waals surface area contributed by atoms with Gasteiger partial charge < -0.3 is 14.8 Å². The first-order chi connectivity index (χ1) is 14.7. The Morgan fingerprint density at radius 3 is 2.39 bits per heavy atom. The maximum Gasteiger partial charge on any atom is 0.342 e. The first kappa shape index (κ1) is 21.9. The number of nitrogens with one attached hydrogen (secondary N) is 1. The lowest BCUT2D eigenvalue weighted by Crippen LogP contribution is -2.32. The van der Waals surface area contributed by atoms with E-state index in [2.05, 4.69) is 5.32 Å². The van der Waals surface area contributed by atoms with Crippen LogP contribution in [0, 0.1) is 13.8 Å². The fraction of sp³-hybridized carbons (Fsp3) is 0.261. The monoisotopic (exact) mass is 423 g/mol. The molecule has 0 spiro atoms. The van der Waals surface area contributed by atoms with Crippen molar-refractivity contribution in [1.82, 2.24) is 9.36 Å². The Bertz CT molecular complexity index is 1180. The van der Waals surface area contributed by atoms with Crippen LogP contribution in [0.4, 0.5) is 5.69 Å². The van der Waals surface area contributed by atoms with Crippen molar-refractivity contribution in [3.63, 3.8) is 0 Å². The van der Waals surface area contributed by atoms with E-state index >= 15 is 0 Å². The van der Waals surface area contributed by atoms with Crippen LogP contribution in [0.3, 0.4) is 0 Å². The Morgan fingerprint density at radius 1 is 1.06 bits per heavy atom. The summed E-state index contributed by atoms with van der Waals surface area (Å²) in [5.41, 5.74) is 2.08. The van der Waals surface area contributed by atoms with Gasteiger partial charge >= 0.3 is 5.97 Å². The van der Waals surface area contributed by atoms with Gasteiger partial charge in [0.05, 0.1) is 18.5 Å². The second-order valence-electron chi connectivity index (χ2n) is 7.18. The van der Waals surface area contributed by atoms with Crippen LogP contribution in [0.2, 0.25) is 0 Å². The number of para-hydroxylation sites is 1. The number of ether oxygens (including phenoxy) is 2. The van der Waals surface area contributed by atoms with E-state index in [9.17, 15) is 14.4 Å². The molecule has 0 aliphatic heterocycles. The van der Waals surface area contributed by atoms with Crippen LogP contribution >= 0.6 is 0 Å². The van der Waals surface area contributed by atoms with Crippen LogP contribution in [0.5, 0.6) is 5.75 Å². The van der Waals surface area contributed by atoms with Gasteiger partial charge in [-0.15, -0.1) is 0 Å². The average molecular weight is 423 g/mol. The molecule has 1 amide bonds. The van der Waals surface area contributed by atoms with Crippen LogP contribution in [-0.4, -0.2) is 34.5 Å². The van der Waals surface area contributed by atoms with E-state index in [0.717, 1.165) is 5.56 Å². The number of anilines is 1. The van der Waals surface area contributed by atoms with E-state index in [1.807, 2.05) is 31.2 Å². The summed E-state index contributed by atoms with van der Waals surface area (Å²) in [4.78, 5) is 38.2. The van der Waals surface area contributed by atoms with E-state index in [4.69, 9.17) is 9.47 Å². The number of methoxy groups -OCH3 is 1. The Kier molecular flexibility index (Phi) is 6.29. The topological polar surface area (TPSA) is 91.6 Å². The summed E-state index contributed by atoms with van der Waals surface area (Å²) in [6.45, 7) is 5.01. The van der Waals surface area contributed by atoms with Gasteiger partial charge in [0, 0.05) is 7.05 Å². The van der Waals surface area contributed by atoms with E-state index < -0.39 is 18.0 Å². The number of carbonyl (C=O) groups is 2. The summed E-state index contributed by atoms with van der Waals surface area (Å²) in [6, 6.07) is 14.2. The number of benzene rings is 2. The highest BCUT2D eigenvalue weighted by molar-refractivity contribution is 5.98. The van der Waals surface area contributed by atoms with Crippen LogP contribution in [0.1, 0.15) is 28.5 Å². The summed E-state index contributed by atoms with van der Waals surface area (Å²) in [5, 5.41) is 2.60. The smallest absolute Gasteiger partial charge is 0.342 e. The number of amides is 1. The molecule has 8 heteroatoms. The molecular formula is C23H25N3O5. The van der Waals surface area contributed by atoms with Gasteiger partial charge in [-0.2, -0.15) is 0 Å². The molecular weight excluding hydrogens is 398 g/mol. The van der Waals surface area contributed by atoms with Gasteiger partial charge in [-0.3, -0.25) is 14.3 Å². The van der Waals surface area contributed by atoms with Crippen LogP contribution in [0.15, 0.2) is 53.3 Å². The Balaban J connectivity index is 1.80. The molecule has 0 bridgehead atoms. The van der Waals surface area contributed by atoms with Crippen LogP contribution in [-0.2, 0) is 16.6 Å². The normalized spacial score (nSPS) is 11.6. The third kappa shape index (κ3) is 4.37. The Hall–Kier alpha value is -3.81. The van der Waals surface area contributed by atoms with Crippen LogP contribution in [0.25, 0.3) is 5.69 Å². The number of hydrogen-bond acceptors (Lipinski definition) is 5. The summed E-state index contributed by atoms with van der Waals surface area (Å²) < 4.78 is 13.6. The third-order valence-electron chi connectivity index (χ3n) is 5.03. The van der Waals surface area contributed by atoms with Crippen molar-refractivity contribution in [3.8, 4) is 11.4 Å². The average Bonchev–Trinajstić information content (AvgIpc) is 2.97. The Labute approximate surface area is 180 Å². The predicted molar refractivity (Wildman–Crippen MR) is 117 cm³/mol. The quantitative estimate of drug-likeness (QED) is 0.616. The molecule has 1 atom stereocenters. The van der Waals surface area contributed by atoms with Gasteiger partial charge in [-0.25, -0.2) is 9.48 Å². The number of esters is 1. The van der Waals surface area contributed by atoms with Gasteiger partial charge in [0.25, 0.3) is 11.5 Å². The Morgan fingerprint density at radius 2 is 1.74 bits per heavy atom. The minimum absolute atomic E-state index is 0.132. The zero-order chi connectivity index (χ0) is 22.7. The molecule has 0 aliphatic rings. The lowest BCUT2D eigenvalue weighted by Gasteiger charge is -2.14. The van der Waals surface area contributed by atoms with E-state index in [1.54, 1.807) is 42.9 Å². The fourth-order valence-corrected chi connectivity index (χ4v) is 3.20. The van der Waals surface area contributed by atoms with Crippen molar-refractivity contribution in [2.24, 2.45) is 7.05 Å². The summed E-state index contributed by atoms with van der Waals surface area (Å²) in [7, 11) is 3.18. The molecule has 2 aromatic carbocycles. The molecule has 0 saturated carbocycles. The fourth-order valence-electron chi connectivity index (χ4n) is 3.20. The molecule has 8 nitrogen and oxygen atoms in total. The zero-order valence-electron chi connectivity index (χ0n) is 18.1. The van der Waals surface area contributed by atoms with Gasteiger partial charge in [0.15, 0.2) is 6.10 Å². The second kappa shape index (κ2) is 8.91. The largest absolute Gasteiger partial charge is 0.496 e. The van der Waals surface area contributed by atoms with Crippen molar-refractivity contribution in [3.05, 3.63) is 75.7 Å². The molecule has 0 unspecified atom stereocenters. The molecule has 0 radical (unpaired) electrons. The molecule has 3 rings (SSSR count). The SMILES string of the molecule is COc1ccc(C)cc1C(=O)O[C@@H](C)C(=O)Nc1c(C)n(C)n(-c2ccccc2)c1=O. The van der Waals surface area contributed by atoms with Crippen molar-refractivity contribution in [2.45, 2.75) is 26.9 Å². The van der Waals surface area contributed by atoms with Gasteiger partial charge in [0.1, 0.15) is 17.0 Å². The number of hydrogen-bond donors (Lipinski definition) is 1. The molecule has 0 saturated heterocycles. The van der Waals surface area contributed by atoms with Crippen molar-refractivity contribution < 1.29 is 19.1 Å². The van der Waals surface area contributed by atoms with Gasteiger partial charge in [-0.1, -0.05) is 29.8 Å². The highest BCUT2D eigenvalue weighted by Crippen LogP contribution is 2.21. The lowest BCUT2D eigenvalue weighted by atomic mass is 10.1. The lowest BCUT2D eigenvalue weighted by molar-refractivity contribution is -0.123. The summed E-state index contributed by atoms with van der Waals surface area (Å²) in [5.74, 6) is -0.937. The molecule has 3 aromatic rings. The van der Waals surface area contributed by atoms with Crippen molar-refractivity contribution in [2.75, 3.05) is 12.4 Å². The first-order valence-corrected chi connectivity index (χ1v) is 9.75. The molecule has 1 aromatic heterocycles. The molecule has 31 heavy (non-hydrogen) atoms. The van der Waals surface area contributed by atoms with E-state index in [0.29, 0.717) is 17.1 Å². The molecule has 0 fully saturated rings. The molecule has 0 aliphatic carbocycles. The maximum atomic E-state index is 12.9. The van der Waals surface area contributed by atoms with Crippen LogP contribution < -0.4 is 15.6 Å². The third-order valence-corrected chi connectivity index (χ3v) is 5.03. The molecule has 162 valence electrons. The van der Waals surface area contributed by atoms with Gasteiger partial charge in [0.2, 0.25) is 0 Å². The highest BCUT2D eigenvalue weighted by atomic mass is 16.5. The maximum absolute atomic E-state index is 12.9. The molecule has 1 heterocycles. The number of aryl methyl sites for hydroxylation is 1. The number of rotatable bonds is 6. The zero-order valence-corrected chi connectivity index (χ0v) is 18.1. The minimum Gasteiger partial charge on any atom is -0.496 e. The van der Waals surface area contributed by atoms with E-state index in [1.165, 1.54) is 18.7 Å². The van der Waals surface area contributed by atoms with Crippen molar-refractivity contribution in [1.29, 1.82) is 0 Å². The standard InChI is InChI=1S/C23H25N3O5/c1-14-11-12-19(30-5)18(13-14)23(29)31-16(3)21(27)24-20-15(2)25(4)26(22(20)28)17-9-7-6-8-10-17/h6-13,16H,1-5H3,(H,24,27)/t16-/m0/s1. The number of carbonyl (C=O) groups excluding carboxylic acids is 2. The number of nitrogens with zero attached hydrogens (tertiary/aromatic N) is 2. The van der Waals surface area contributed by atoms with Gasteiger partial charge in [-0.05, 0) is 45.0 Å². The van der Waals surface area contributed by atoms with Crippen molar-refractivity contribution >= 4 is 17.6 Å².